The van der Waals surface area contributed by atoms with Crippen molar-refractivity contribution >= 4 is 14.2 Å². The highest BCUT2D eigenvalue weighted by Crippen LogP contribution is 2.39. The molecule has 32 heavy (non-hydrogen) atoms. The first-order valence-electron chi connectivity index (χ1n) is 11.2. The second-order valence-corrected chi connectivity index (χ2v) is 15.0. The van der Waals surface area contributed by atoms with E-state index in [1.165, 1.54) is 16.3 Å². The van der Waals surface area contributed by atoms with Crippen molar-refractivity contribution in [2.45, 2.75) is 65.2 Å². The highest BCUT2D eigenvalue weighted by molar-refractivity contribution is 6.74. The van der Waals surface area contributed by atoms with Gasteiger partial charge in [0.15, 0.2) is 8.32 Å². The lowest BCUT2D eigenvalue weighted by molar-refractivity contribution is 0.0948. The van der Waals surface area contributed by atoms with Gasteiger partial charge >= 0.3 is 5.69 Å². The lowest BCUT2D eigenvalue weighted by Gasteiger charge is -2.39. The SMILES string of the molecule is Cc1cn(C/C=C2/CCC2CO[Si](C)(C)C(C)(C)C)c(=O)n(C(=O)c2ccccc2)c1=O. The number of hydrogen-bond acceptors (Lipinski definition) is 4. The van der Waals surface area contributed by atoms with E-state index >= 15 is 0 Å². The van der Waals surface area contributed by atoms with Crippen molar-refractivity contribution in [1.82, 2.24) is 9.13 Å². The van der Waals surface area contributed by atoms with Crippen molar-refractivity contribution < 1.29 is 9.22 Å². The van der Waals surface area contributed by atoms with Gasteiger partial charge < -0.3 is 4.43 Å². The van der Waals surface area contributed by atoms with E-state index < -0.39 is 25.5 Å². The van der Waals surface area contributed by atoms with Crippen LogP contribution in [0.1, 0.15) is 49.5 Å². The minimum absolute atomic E-state index is 0.171. The van der Waals surface area contributed by atoms with Gasteiger partial charge in [-0.3, -0.25) is 14.2 Å². The van der Waals surface area contributed by atoms with Crippen LogP contribution in [-0.2, 0) is 11.0 Å². The van der Waals surface area contributed by atoms with Crippen molar-refractivity contribution in [3.63, 3.8) is 0 Å². The Morgan fingerprint density at radius 3 is 2.41 bits per heavy atom. The fourth-order valence-corrected chi connectivity index (χ4v) is 4.52. The third kappa shape index (κ3) is 4.94. The maximum atomic E-state index is 13.0. The van der Waals surface area contributed by atoms with Crippen LogP contribution >= 0.6 is 0 Å². The van der Waals surface area contributed by atoms with E-state index in [9.17, 15) is 14.4 Å². The summed E-state index contributed by atoms with van der Waals surface area (Å²) in [6.45, 7) is 13.9. The molecule has 0 aliphatic heterocycles. The summed E-state index contributed by atoms with van der Waals surface area (Å²) in [5.74, 6) is -0.229. The van der Waals surface area contributed by atoms with Crippen LogP contribution < -0.4 is 11.2 Å². The molecule has 0 radical (unpaired) electrons. The third-order valence-corrected chi connectivity index (χ3v) is 11.4. The monoisotopic (exact) mass is 454 g/mol. The Hall–Kier alpha value is -2.51. The van der Waals surface area contributed by atoms with Crippen LogP contribution in [0.4, 0.5) is 0 Å². The second-order valence-electron chi connectivity index (χ2n) is 10.1. The summed E-state index contributed by atoms with van der Waals surface area (Å²) in [4.78, 5) is 38.4. The van der Waals surface area contributed by atoms with E-state index in [0.717, 1.165) is 17.4 Å². The molecule has 3 rings (SSSR count). The summed E-state index contributed by atoms with van der Waals surface area (Å²) >= 11 is 0. The number of rotatable bonds is 6. The molecule has 1 aromatic heterocycles. The minimum Gasteiger partial charge on any atom is -0.416 e. The number of nitrogens with zero attached hydrogens (tertiary/aromatic N) is 2. The van der Waals surface area contributed by atoms with Gasteiger partial charge in [-0.25, -0.2) is 4.79 Å². The van der Waals surface area contributed by atoms with Gasteiger partial charge in [0.1, 0.15) is 0 Å². The molecule has 6 nitrogen and oxygen atoms in total. The van der Waals surface area contributed by atoms with E-state index in [1.807, 2.05) is 6.08 Å². The van der Waals surface area contributed by atoms with E-state index in [-0.39, 0.29) is 5.04 Å². The molecular weight excluding hydrogens is 420 g/mol. The van der Waals surface area contributed by atoms with Gasteiger partial charge in [0, 0.05) is 36.4 Å². The van der Waals surface area contributed by atoms with Gasteiger partial charge in [0.2, 0.25) is 0 Å². The topological polar surface area (TPSA) is 70.3 Å². The van der Waals surface area contributed by atoms with Gasteiger partial charge in [-0.1, -0.05) is 50.6 Å². The van der Waals surface area contributed by atoms with Crippen LogP contribution in [-0.4, -0.2) is 30.0 Å². The first kappa shape index (κ1) is 24.1. The van der Waals surface area contributed by atoms with Gasteiger partial charge in [0.25, 0.3) is 11.5 Å². The molecule has 1 atom stereocenters. The number of carbonyl (C=O) groups is 1. The summed E-state index contributed by atoms with van der Waals surface area (Å²) in [5.41, 5.74) is 0.764. The zero-order valence-corrected chi connectivity index (χ0v) is 21.0. The van der Waals surface area contributed by atoms with Crippen molar-refractivity contribution in [2.24, 2.45) is 5.92 Å². The van der Waals surface area contributed by atoms with Crippen molar-refractivity contribution in [3.05, 3.63) is 80.1 Å². The van der Waals surface area contributed by atoms with Gasteiger partial charge in [0.05, 0.1) is 0 Å². The smallest absolute Gasteiger partial charge is 0.338 e. The number of benzene rings is 1. The number of hydrogen-bond donors (Lipinski definition) is 0. The lowest BCUT2D eigenvalue weighted by Crippen LogP contribution is -2.44. The molecule has 1 unspecified atom stereocenters. The van der Waals surface area contributed by atoms with E-state index in [4.69, 9.17) is 4.43 Å². The summed E-state index contributed by atoms with van der Waals surface area (Å²) in [5, 5.41) is 0.171. The van der Waals surface area contributed by atoms with E-state index in [2.05, 4.69) is 33.9 Å². The third-order valence-electron chi connectivity index (χ3n) is 6.86. The fraction of sp³-hybridized carbons (Fsp3) is 0.480. The molecule has 1 aliphatic rings. The molecule has 1 aliphatic carbocycles. The maximum Gasteiger partial charge on any atom is 0.338 e. The molecule has 2 aromatic rings. The maximum absolute atomic E-state index is 13.0. The molecular formula is C25H34N2O4Si. The molecule has 1 aromatic carbocycles. The van der Waals surface area contributed by atoms with Gasteiger partial charge in [-0.15, -0.1) is 0 Å². The van der Waals surface area contributed by atoms with Crippen molar-refractivity contribution in [1.29, 1.82) is 0 Å². The Morgan fingerprint density at radius 1 is 1.19 bits per heavy atom. The van der Waals surface area contributed by atoms with Crippen LogP contribution in [0.25, 0.3) is 0 Å². The Labute approximate surface area is 190 Å². The van der Waals surface area contributed by atoms with Gasteiger partial charge in [-0.2, -0.15) is 4.57 Å². The largest absolute Gasteiger partial charge is 0.416 e. The highest BCUT2D eigenvalue weighted by atomic mass is 28.4. The number of carbonyl (C=O) groups excluding carboxylic acids is 1. The van der Waals surface area contributed by atoms with Crippen LogP contribution in [0.3, 0.4) is 0 Å². The van der Waals surface area contributed by atoms with Crippen molar-refractivity contribution in [2.75, 3.05) is 6.61 Å². The molecule has 172 valence electrons. The van der Waals surface area contributed by atoms with Gasteiger partial charge in [-0.05, 0) is 50.0 Å². The molecule has 0 amide bonds. The van der Waals surface area contributed by atoms with Crippen LogP contribution in [0.2, 0.25) is 18.1 Å². The lowest BCUT2D eigenvalue weighted by atomic mass is 9.80. The van der Waals surface area contributed by atoms with E-state index in [0.29, 0.717) is 30.2 Å². The zero-order valence-electron chi connectivity index (χ0n) is 20.0. The first-order chi connectivity index (χ1) is 14.9. The van der Waals surface area contributed by atoms with Crippen LogP contribution in [0.15, 0.2) is 57.8 Å². The number of aromatic nitrogens is 2. The Balaban J connectivity index is 1.79. The normalized spacial score (nSPS) is 17.9. The summed E-state index contributed by atoms with van der Waals surface area (Å²) < 4.78 is 8.55. The average molecular weight is 455 g/mol. The molecule has 1 heterocycles. The molecule has 0 bridgehead atoms. The molecule has 0 N–H and O–H groups in total. The molecule has 0 saturated heterocycles. The highest BCUT2D eigenvalue weighted by Gasteiger charge is 2.38. The Kier molecular flexibility index (Phi) is 6.90. The number of aryl methyl sites for hydroxylation is 1. The summed E-state index contributed by atoms with van der Waals surface area (Å²) in [6.07, 6.45) is 5.66. The minimum atomic E-state index is -1.80. The van der Waals surface area contributed by atoms with Crippen LogP contribution in [0, 0.1) is 12.8 Å². The Bertz CT molecular complexity index is 1140. The molecule has 0 spiro atoms. The molecule has 7 heteroatoms. The second kappa shape index (κ2) is 9.15. The summed E-state index contributed by atoms with van der Waals surface area (Å²) in [7, 11) is -1.80. The van der Waals surface area contributed by atoms with Crippen LogP contribution in [0.5, 0.6) is 0 Å². The zero-order chi connectivity index (χ0) is 23.7. The standard InChI is InChI=1S/C25H34N2O4Si/c1-18-16-26(24(30)27(22(18)28)23(29)20-10-8-7-9-11-20)15-14-19-12-13-21(19)17-31-32(5,6)25(2,3)4/h7-11,14,16,21H,12-13,15,17H2,1-6H3/b19-14-. The fourth-order valence-electron chi connectivity index (χ4n) is 3.47. The average Bonchev–Trinajstić information content (AvgIpc) is 2.70. The first-order valence-corrected chi connectivity index (χ1v) is 14.1. The predicted molar refractivity (Wildman–Crippen MR) is 130 cm³/mol. The predicted octanol–water partition coefficient (Wildman–Crippen LogP) is 4.37. The Morgan fingerprint density at radius 2 is 1.84 bits per heavy atom. The molecule has 1 saturated carbocycles. The quantitative estimate of drug-likeness (QED) is 0.480. The summed E-state index contributed by atoms with van der Waals surface area (Å²) in [6, 6.07) is 8.40. The van der Waals surface area contributed by atoms with E-state index in [1.54, 1.807) is 37.3 Å². The molecule has 1 fully saturated rings. The number of allylic oxidation sites excluding steroid dienone is 1. The van der Waals surface area contributed by atoms with Crippen molar-refractivity contribution in [3.8, 4) is 0 Å².